The minimum Gasteiger partial charge on any atom is -0.341 e. The van der Waals surface area contributed by atoms with Crippen molar-refractivity contribution in [1.29, 1.82) is 0 Å². The van der Waals surface area contributed by atoms with Gasteiger partial charge in [0.25, 0.3) is 0 Å². The van der Waals surface area contributed by atoms with Crippen LogP contribution in [0.15, 0.2) is 41.2 Å². The van der Waals surface area contributed by atoms with Crippen molar-refractivity contribution in [3.8, 4) is 11.3 Å². The second kappa shape index (κ2) is 6.16. The number of carbonyl (C=O) groups excluding carboxylic acids is 1. The zero-order valence-electron chi connectivity index (χ0n) is 14.1. The van der Waals surface area contributed by atoms with Crippen LogP contribution in [0, 0.1) is 6.92 Å². The van der Waals surface area contributed by atoms with Crippen molar-refractivity contribution in [1.82, 2.24) is 24.1 Å². The van der Waals surface area contributed by atoms with E-state index >= 15 is 0 Å². The Labute approximate surface area is 144 Å². The Balaban J connectivity index is 1.73. The molecule has 128 valence electrons. The van der Waals surface area contributed by atoms with E-state index in [0.29, 0.717) is 11.5 Å². The summed E-state index contributed by atoms with van der Waals surface area (Å²) in [6, 6.07) is 11.5. The largest absolute Gasteiger partial charge is 0.352 e. The van der Waals surface area contributed by atoms with E-state index in [1.807, 2.05) is 30.3 Å². The highest BCUT2D eigenvalue weighted by molar-refractivity contribution is 5.76. The summed E-state index contributed by atoms with van der Waals surface area (Å²) >= 11 is 0. The van der Waals surface area contributed by atoms with Crippen LogP contribution in [0.1, 0.15) is 18.7 Å². The molecule has 4 rings (SSSR count). The Kier molecular flexibility index (Phi) is 3.83. The van der Waals surface area contributed by atoms with Gasteiger partial charge in [0.2, 0.25) is 5.91 Å². The number of aromatic nitrogens is 4. The summed E-state index contributed by atoms with van der Waals surface area (Å²) in [5.74, 6) is 0.498. The normalized spacial score (nSPS) is 14.4. The van der Waals surface area contributed by atoms with Crippen molar-refractivity contribution in [3.05, 3.63) is 52.7 Å². The summed E-state index contributed by atoms with van der Waals surface area (Å²) in [7, 11) is 0. The average Bonchev–Trinajstić information content (AvgIpc) is 3.25. The molecule has 2 aromatic heterocycles. The number of likely N-dealkylation sites (tertiary alicyclic amines) is 1. The number of carbonyl (C=O) groups is 1. The van der Waals surface area contributed by atoms with Crippen LogP contribution in [0.5, 0.6) is 0 Å². The molecule has 0 radical (unpaired) electrons. The summed E-state index contributed by atoms with van der Waals surface area (Å²) in [6.07, 6.45) is 2.05. The number of hydrogen-bond acceptors (Lipinski definition) is 4. The Morgan fingerprint density at radius 3 is 2.60 bits per heavy atom. The summed E-state index contributed by atoms with van der Waals surface area (Å²) in [5.41, 5.74) is 1.90. The van der Waals surface area contributed by atoms with Crippen LogP contribution in [0.25, 0.3) is 16.9 Å². The monoisotopic (exact) mass is 337 g/mol. The minimum atomic E-state index is -0.327. The van der Waals surface area contributed by atoms with Gasteiger partial charge in [0.05, 0.1) is 5.69 Å². The maximum absolute atomic E-state index is 12.6. The van der Waals surface area contributed by atoms with Gasteiger partial charge in [0, 0.05) is 24.7 Å². The molecule has 1 aromatic carbocycles. The lowest BCUT2D eigenvalue weighted by Crippen LogP contribution is -2.35. The fourth-order valence-electron chi connectivity index (χ4n) is 3.26. The Morgan fingerprint density at radius 1 is 1.16 bits per heavy atom. The average molecular weight is 337 g/mol. The Hall–Kier alpha value is -2.96. The van der Waals surface area contributed by atoms with Gasteiger partial charge in [-0.1, -0.05) is 30.3 Å². The van der Waals surface area contributed by atoms with Crippen LogP contribution >= 0.6 is 0 Å². The van der Waals surface area contributed by atoms with Gasteiger partial charge in [0.1, 0.15) is 12.4 Å². The van der Waals surface area contributed by atoms with E-state index in [-0.39, 0.29) is 18.1 Å². The van der Waals surface area contributed by atoms with E-state index in [0.717, 1.165) is 37.2 Å². The number of hydrogen-bond donors (Lipinski definition) is 0. The van der Waals surface area contributed by atoms with Gasteiger partial charge in [-0.25, -0.2) is 18.9 Å². The van der Waals surface area contributed by atoms with Crippen LogP contribution in [0.4, 0.5) is 0 Å². The Morgan fingerprint density at radius 2 is 1.88 bits per heavy atom. The lowest BCUT2D eigenvalue weighted by Gasteiger charge is -2.14. The molecule has 7 nitrogen and oxygen atoms in total. The highest BCUT2D eigenvalue weighted by Crippen LogP contribution is 2.18. The molecule has 0 spiro atoms. The smallest absolute Gasteiger partial charge is 0.341 e. The van der Waals surface area contributed by atoms with E-state index in [2.05, 4.69) is 10.1 Å². The molecular formula is C18H19N5O2. The molecule has 7 heteroatoms. The highest BCUT2D eigenvalue weighted by atomic mass is 16.2. The molecule has 0 N–H and O–H groups in total. The molecule has 0 saturated carbocycles. The topological polar surface area (TPSA) is 72.5 Å². The molecule has 0 bridgehead atoms. The third-order valence-electron chi connectivity index (χ3n) is 4.55. The summed E-state index contributed by atoms with van der Waals surface area (Å²) < 4.78 is 2.68. The zero-order valence-corrected chi connectivity index (χ0v) is 14.1. The Bertz CT molecular complexity index is 984. The fraction of sp³-hybridized carbons (Fsp3) is 0.333. The molecule has 1 aliphatic heterocycles. The highest BCUT2D eigenvalue weighted by Gasteiger charge is 2.20. The van der Waals surface area contributed by atoms with Crippen molar-refractivity contribution >= 4 is 11.6 Å². The minimum absolute atomic E-state index is 0.0272. The molecular weight excluding hydrogens is 318 g/mol. The van der Waals surface area contributed by atoms with E-state index in [1.165, 1.54) is 9.08 Å². The van der Waals surface area contributed by atoms with E-state index in [9.17, 15) is 9.59 Å². The molecule has 0 unspecified atom stereocenters. The molecule has 1 fully saturated rings. The summed E-state index contributed by atoms with van der Waals surface area (Å²) in [6.45, 7) is 3.27. The number of fused-ring (bicyclic) bond motifs is 1. The van der Waals surface area contributed by atoms with Crippen molar-refractivity contribution in [3.63, 3.8) is 0 Å². The lowest BCUT2D eigenvalue weighted by atomic mass is 10.1. The maximum Gasteiger partial charge on any atom is 0.352 e. The molecule has 3 aromatic rings. The van der Waals surface area contributed by atoms with Crippen LogP contribution in [-0.2, 0) is 11.3 Å². The van der Waals surface area contributed by atoms with Gasteiger partial charge < -0.3 is 4.90 Å². The predicted molar refractivity (Wildman–Crippen MR) is 93.2 cm³/mol. The fourth-order valence-corrected chi connectivity index (χ4v) is 3.26. The molecule has 0 aliphatic carbocycles. The zero-order chi connectivity index (χ0) is 17.4. The van der Waals surface area contributed by atoms with E-state index in [1.54, 1.807) is 17.9 Å². The first-order chi connectivity index (χ1) is 12.1. The number of rotatable bonds is 3. The number of aryl methyl sites for hydroxylation is 1. The van der Waals surface area contributed by atoms with Crippen LogP contribution in [-0.4, -0.2) is 43.1 Å². The second-order valence-corrected chi connectivity index (χ2v) is 6.28. The van der Waals surface area contributed by atoms with Gasteiger partial charge in [-0.15, -0.1) is 5.10 Å². The molecule has 1 amide bonds. The third kappa shape index (κ3) is 2.82. The van der Waals surface area contributed by atoms with Gasteiger partial charge in [0.15, 0.2) is 5.65 Å². The molecule has 1 saturated heterocycles. The predicted octanol–water partition coefficient (Wildman–Crippen LogP) is 1.49. The molecule has 3 heterocycles. The number of nitrogens with zero attached hydrogens (tertiary/aromatic N) is 5. The SMILES string of the molecule is Cc1nc(-c2ccccc2)cc2nn(CC(=O)N3CCCC3)c(=O)n12. The van der Waals surface area contributed by atoms with Crippen LogP contribution in [0.3, 0.4) is 0 Å². The first kappa shape index (κ1) is 15.6. The van der Waals surface area contributed by atoms with Crippen molar-refractivity contribution in [2.24, 2.45) is 0 Å². The number of benzene rings is 1. The standard InChI is InChI=1S/C18H19N5O2/c1-13-19-15(14-7-3-2-4-8-14)11-16-20-22(18(25)23(13)16)12-17(24)21-9-5-6-10-21/h2-4,7-8,11H,5-6,9-10,12H2,1H3. The van der Waals surface area contributed by atoms with Crippen LogP contribution < -0.4 is 5.69 Å². The van der Waals surface area contributed by atoms with E-state index < -0.39 is 0 Å². The van der Waals surface area contributed by atoms with Gasteiger partial charge >= 0.3 is 5.69 Å². The number of amides is 1. The summed E-state index contributed by atoms with van der Waals surface area (Å²) in [5, 5.41) is 4.35. The lowest BCUT2D eigenvalue weighted by molar-refractivity contribution is -0.131. The second-order valence-electron chi connectivity index (χ2n) is 6.28. The van der Waals surface area contributed by atoms with Crippen molar-refractivity contribution in [2.75, 3.05) is 13.1 Å². The van der Waals surface area contributed by atoms with Gasteiger partial charge in [-0.05, 0) is 19.8 Å². The molecule has 0 atom stereocenters. The first-order valence-electron chi connectivity index (χ1n) is 8.44. The van der Waals surface area contributed by atoms with Gasteiger partial charge in [-0.3, -0.25) is 4.79 Å². The molecule has 25 heavy (non-hydrogen) atoms. The van der Waals surface area contributed by atoms with E-state index in [4.69, 9.17) is 0 Å². The first-order valence-corrected chi connectivity index (χ1v) is 8.44. The van der Waals surface area contributed by atoms with Gasteiger partial charge in [-0.2, -0.15) is 0 Å². The summed E-state index contributed by atoms with van der Waals surface area (Å²) in [4.78, 5) is 31.2. The quantitative estimate of drug-likeness (QED) is 0.726. The molecule has 1 aliphatic rings. The van der Waals surface area contributed by atoms with Crippen molar-refractivity contribution in [2.45, 2.75) is 26.3 Å². The maximum atomic E-state index is 12.6. The third-order valence-corrected chi connectivity index (χ3v) is 4.55. The van der Waals surface area contributed by atoms with Crippen molar-refractivity contribution < 1.29 is 4.79 Å². The van der Waals surface area contributed by atoms with Crippen LogP contribution in [0.2, 0.25) is 0 Å².